The van der Waals surface area contributed by atoms with Crippen molar-refractivity contribution in [2.75, 3.05) is 12.9 Å². The van der Waals surface area contributed by atoms with E-state index in [1.165, 1.54) is 30.6 Å². The quantitative estimate of drug-likeness (QED) is 0.850. The van der Waals surface area contributed by atoms with Crippen LogP contribution in [0.4, 0.5) is 0 Å². The third-order valence-corrected chi connectivity index (χ3v) is 5.12. The molecule has 1 saturated carbocycles. The van der Waals surface area contributed by atoms with Gasteiger partial charge in [-0.2, -0.15) is 11.8 Å². The highest BCUT2D eigenvalue weighted by Gasteiger charge is 2.25. The van der Waals surface area contributed by atoms with Crippen molar-refractivity contribution in [1.82, 2.24) is 5.32 Å². The van der Waals surface area contributed by atoms with Crippen LogP contribution in [0, 0.1) is 0 Å². The molecule has 19 heavy (non-hydrogen) atoms. The summed E-state index contributed by atoms with van der Waals surface area (Å²) in [6.07, 6.45) is 4.00. The van der Waals surface area contributed by atoms with Crippen molar-refractivity contribution in [3.05, 3.63) is 29.8 Å². The van der Waals surface area contributed by atoms with E-state index in [2.05, 4.69) is 43.1 Å². The van der Waals surface area contributed by atoms with Crippen molar-refractivity contribution < 1.29 is 4.74 Å². The predicted octanol–water partition coefficient (Wildman–Crippen LogP) is 4.02. The van der Waals surface area contributed by atoms with Crippen LogP contribution in [0.3, 0.4) is 0 Å². The summed E-state index contributed by atoms with van der Waals surface area (Å²) >= 11 is 2.11. The molecule has 0 bridgehead atoms. The van der Waals surface area contributed by atoms with Gasteiger partial charge in [0, 0.05) is 17.3 Å². The Morgan fingerprint density at radius 3 is 2.68 bits per heavy atom. The Hall–Kier alpha value is -0.670. The number of rotatable bonds is 6. The molecule has 106 valence electrons. The normalized spacial score (nSPS) is 24.4. The Balaban J connectivity index is 1.85. The Bertz CT molecular complexity index is 379. The average Bonchev–Trinajstić information content (AvgIpc) is 2.86. The topological polar surface area (TPSA) is 21.3 Å². The van der Waals surface area contributed by atoms with Gasteiger partial charge in [-0.05, 0) is 49.6 Å². The maximum Gasteiger partial charge on any atom is 0.118 e. The van der Waals surface area contributed by atoms with E-state index in [-0.39, 0.29) is 0 Å². The van der Waals surface area contributed by atoms with Crippen LogP contribution >= 0.6 is 11.8 Å². The van der Waals surface area contributed by atoms with Gasteiger partial charge in [-0.15, -0.1) is 0 Å². The van der Waals surface area contributed by atoms with E-state index in [1.807, 2.05) is 12.1 Å². The molecule has 2 nitrogen and oxygen atoms in total. The van der Waals surface area contributed by atoms with Gasteiger partial charge in [-0.25, -0.2) is 0 Å². The second-order valence-corrected chi connectivity index (χ2v) is 6.83. The highest BCUT2D eigenvalue weighted by molar-refractivity contribution is 7.99. The fourth-order valence-electron chi connectivity index (χ4n) is 2.82. The first-order valence-electron chi connectivity index (χ1n) is 7.24. The molecule has 1 aromatic rings. The summed E-state index contributed by atoms with van der Waals surface area (Å²) in [5.74, 6) is 2.17. The summed E-state index contributed by atoms with van der Waals surface area (Å²) in [6, 6.07) is 9.49. The number of thioether (sulfide) groups is 1. The second kappa shape index (κ2) is 7.20. The molecule has 3 unspecified atom stereocenters. The number of benzene rings is 1. The molecule has 1 aromatic carbocycles. The first kappa shape index (κ1) is 14.7. The van der Waals surface area contributed by atoms with Crippen LogP contribution in [0.5, 0.6) is 5.75 Å². The minimum Gasteiger partial charge on any atom is -0.497 e. The molecule has 0 heterocycles. The zero-order valence-electron chi connectivity index (χ0n) is 12.2. The third kappa shape index (κ3) is 4.15. The summed E-state index contributed by atoms with van der Waals surface area (Å²) in [6.45, 7) is 4.51. The SMILES string of the molecule is CCSC1CCC(NC(C)c2ccc(OC)cc2)C1. The van der Waals surface area contributed by atoms with Gasteiger partial charge in [0.15, 0.2) is 0 Å². The third-order valence-electron chi connectivity index (χ3n) is 3.89. The molecule has 3 heteroatoms. The molecule has 0 saturated heterocycles. The van der Waals surface area contributed by atoms with Gasteiger partial charge in [-0.3, -0.25) is 0 Å². The van der Waals surface area contributed by atoms with Crippen LogP contribution in [-0.2, 0) is 0 Å². The Labute approximate surface area is 121 Å². The molecular formula is C16H25NOS. The molecule has 3 atom stereocenters. The molecule has 0 amide bonds. The van der Waals surface area contributed by atoms with Crippen LogP contribution in [0.15, 0.2) is 24.3 Å². The van der Waals surface area contributed by atoms with Crippen molar-refractivity contribution >= 4 is 11.8 Å². The van der Waals surface area contributed by atoms with Crippen LogP contribution in [-0.4, -0.2) is 24.2 Å². The summed E-state index contributed by atoms with van der Waals surface area (Å²) < 4.78 is 5.20. The molecule has 1 aliphatic rings. The minimum absolute atomic E-state index is 0.418. The lowest BCUT2D eigenvalue weighted by Gasteiger charge is -2.20. The fraction of sp³-hybridized carbons (Fsp3) is 0.625. The molecule has 1 N–H and O–H groups in total. The maximum absolute atomic E-state index is 5.20. The van der Waals surface area contributed by atoms with Gasteiger partial charge in [0.05, 0.1) is 7.11 Å². The van der Waals surface area contributed by atoms with Gasteiger partial charge in [0.25, 0.3) is 0 Å². The summed E-state index contributed by atoms with van der Waals surface area (Å²) in [4.78, 5) is 0. The van der Waals surface area contributed by atoms with E-state index in [0.717, 1.165) is 11.0 Å². The molecule has 0 aliphatic heterocycles. The van der Waals surface area contributed by atoms with E-state index in [9.17, 15) is 0 Å². The lowest BCUT2D eigenvalue weighted by atomic mass is 10.1. The largest absolute Gasteiger partial charge is 0.497 e. The number of nitrogens with one attached hydrogen (secondary N) is 1. The molecule has 1 fully saturated rings. The molecule has 0 radical (unpaired) electrons. The van der Waals surface area contributed by atoms with E-state index >= 15 is 0 Å². The van der Waals surface area contributed by atoms with Crippen LogP contribution in [0.1, 0.15) is 44.7 Å². The predicted molar refractivity (Wildman–Crippen MR) is 84.1 cm³/mol. The van der Waals surface area contributed by atoms with Crippen molar-refractivity contribution in [3.63, 3.8) is 0 Å². The number of methoxy groups -OCH3 is 1. The van der Waals surface area contributed by atoms with E-state index in [0.29, 0.717) is 12.1 Å². The number of ether oxygens (including phenoxy) is 1. The van der Waals surface area contributed by atoms with Gasteiger partial charge in [0.1, 0.15) is 5.75 Å². The van der Waals surface area contributed by atoms with Gasteiger partial charge < -0.3 is 10.1 Å². The van der Waals surface area contributed by atoms with Gasteiger partial charge in [-0.1, -0.05) is 19.1 Å². The summed E-state index contributed by atoms with van der Waals surface area (Å²) in [7, 11) is 1.71. The number of hydrogen-bond donors (Lipinski definition) is 1. The lowest BCUT2D eigenvalue weighted by molar-refractivity contribution is 0.414. The zero-order chi connectivity index (χ0) is 13.7. The first-order valence-corrected chi connectivity index (χ1v) is 8.29. The molecule has 1 aliphatic carbocycles. The number of hydrogen-bond acceptors (Lipinski definition) is 3. The average molecular weight is 279 g/mol. The highest BCUT2D eigenvalue weighted by Crippen LogP contribution is 2.31. The van der Waals surface area contributed by atoms with Crippen LogP contribution in [0.2, 0.25) is 0 Å². The van der Waals surface area contributed by atoms with Gasteiger partial charge in [0.2, 0.25) is 0 Å². The van der Waals surface area contributed by atoms with Crippen molar-refractivity contribution in [2.24, 2.45) is 0 Å². The maximum atomic E-state index is 5.20. The second-order valence-electron chi connectivity index (χ2n) is 5.25. The standard InChI is InChI=1S/C16H25NOS/c1-4-19-16-10-7-14(11-16)17-12(2)13-5-8-15(18-3)9-6-13/h5-6,8-9,12,14,16-17H,4,7,10-11H2,1-3H3. The fourth-order valence-corrected chi connectivity index (χ4v) is 3.96. The molecule has 0 aromatic heterocycles. The highest BCUT2D eigenvalue weighted by atomic mass is 32.2. The van der Waals surface area contributed by atoms with Crippen LogP contribution < -0.4 is 10.1 Å². The molecule has 2 rings (SSSR count). The van der Waals surface area contributed by atoms with E-state index < -0.39 is 0 Å². The summed E-state index contributed by atoms with van der Waals surface area (Å²) in [5.41, 5.74) is 1.34. The minimum atomic E-state index is 0.418. The molecule has 0 spiro atoms. The first-order chi connectivity index (χ1) is 9.22. The Morgan fingerprint density at radius 1 is 1.32 bits per heavy atom. The Morgan fingerprint density at radius 2 is 2.05 bits per heavy atom. The zero-order valence-corrected chi connectivity index (χ0v) is 13.0. The van der Waals surface area contributed by atoms with Crippen molar-refractivity contribution in [2.45, 2.75) is 50.4 Å². The summed E-state index contributed by atoms with van der Waals surface area (Å²) in [5, 5.41) is 4.63. The molecular weight excluding hydrogens is 254 g/mol. The van der Waals surface area contributed by atoms with E-state index in [4.69, 9.17) is 4.74 Å². The smallest absolute Gasteiger partial charge is 0.118 e. The van der Waals surface area contributed by atoms with Gasteiger partial charge >= 0.3 is 0 Å². The van der Waals surface area contributed by atoms with E-state index in [1.54, 1.807) is 7.11 Å². The van der Waals surface area contributed by atoms with Crippen molar-refractivity contribution in [1.29, 1.82) is 0 Å². The monoisotopic (exact) mass is 279 g/mol. The Kier molecular flexibility index (Phi) is 5.59. The van der Waals surface area contributed by atoms with Crippen molar-refractivity contribution in [3.8, 4) is 5.75 Å². The lowest BCUT2D eigenvalue weighted by Crippen LogP contribution is -2.29. The van der Waals surface area contributed by atoms with Crippen LogP contribution in [0.25, 0.3) is 0 Å².